The number of hydrogen-bond donors (Lipinski definition) is 2. The van der Waals surface area contributed by atoms with Crippen LogP contribution in [0.5, 0.6) is 0 Å². The van der Waals surface area contributed by atoms with Crippen molar-refractivity contribution in [1.29, 1.82) is 0 Å². The summed E-state index contributed by atoms with van der Waals surface area (Å²) in [5.74, 6) is 1.27. The van der Waals surface area contributed by atoms with Crippen LogP contribution in [0.1, 0.15) is 25.3 Å². The second-order valence-electron chi connectivity index (χ2n) is 7.75. The largest absolute Gasteiger partial charge is 0.351 e. The second-order valence-corrected chi connectivity index (χ2v) is 7.75. The Kier molecular flexibility index (Phi) is 5.85. The van der Waals surface area contributed by atoms with E-state index >= 15 is 0 Å². The van der Waals surface area contributed by atoms with Crippen LogP contribution in [0.4, 0.5) is 11.9 Å². The molecule has 0 saturated carbocycles. The molecule has 2 aromatic heterocycles. The van der Waals surface area contributed by atoms with Crippen molar-refractivity contribution in [3.63, 3.8) is 0 Å². The number of nitrogens with two attached hydrogens (primary N) is 1. The third-order valence-corrected chi connectivity index (χ3v) is 5.52. The van der Waals surface area contributed by atoms with Gasteiger partial charge < -0.3 is 20.5 Å². The molecule has 0 amide bonds. The van der Waals surface area contributed by atoms with Crippen LogP contribution in [0, 0.1) is 0 Å². The number of allylic oxidation sites excluding steroid dienone is 2. The summed E-state index contributed by atoms with van der Waals surface area (Å²) < 4.78 is 3.52. The number of rotatable bonds is 6. The van der Waals surface area contributed by atoms with Crippen molar-refractivity contribution in [3.05, 3.63) is 58.4 Å². The van der Waals surface area contributed by atoms with Gasteiger partial charge in [-0.1, -0.05) is 42.5 Å². The Bertz CT molecular complexity index is 1100. The van der Waals surface area contributed by atoms with E-state index in [1.807, 2.05) is 54.0 Å². The van der Waals surface area contributed by atoms with Gasteiger partial charge in [-0.05, 0) is 25.3 Å². The summed E-state index contributed by atoms with van der Waals surface area (Å²) in [7, 11) is 1.74. The van der Waals surface area contributed by atoms with Gasteiger partial charge in [-0.15, -0.1) is 0 Å². The molecule has 1 aliphatic heterocycles. The smallest absolute Gasteiger partial charge is 0.281 e. The van der Waals surface area contributed by atoms with Crippen LogP contribution in [0.25, 0.3) is 11.2 Å². The number of piperidine rings is 1. The quantitative estimate of drug-likeness (QED) is 0.609. The number of nitrogens with zero attached hydrogens (tertiary/aromatic N) is 5. The molecule has 3 heterocycles. The third-order valence-electron chi connectivity index (χ3n) is 5.52. The molecule has 1 aromatic carbocycles. The molecule has 4 rings (SSSR count). The van der Waals surface area contributed by atoms with Gasteiger partial charge in [0, 0.05) is 39.3 Å². The molecule has 1 saturated heterocycles. The molecule has 0 spiro atoms. The normalized spacial score (nSPS) is 17.2. The lowest BCUT2D eigenvalue weighted by Gasteiger charge is -2.31. The fourth-order valence-electron chi connectivity index (χ4n) is 3.90. The Balaban J connectivity index is 1.75. The first kappa shape index (κ1) is 20.2. The molecule has 1 atom stereocenters. The van der Waals surface area contributed by atoms with Gasteiger partial charge in [0.05, 0.1) is 0 Å². The maximum atomic E-state index is 13.3. The standard InChI is InChI=1S/C22H29N7O/c1-3-4-13-29-18-19(26-22(29)28-12-8-11-17(23)15-28)25-21(27(2)20(18)30)24-14-16-9-6-5-7-10-16/h3-7,9-10,17H,8,11-15,23H2,1-2H3,(H,24,25). The maximum Gasteiger partial charge on any atom is 0.281 e. The van der Waals surface area contributed by atoms with Crippen LogP contribution in [0.3, 0.4) is 0 Å². The van der Waals surface area contributed by atoms with Crippen molar-refractivity contribution in [1.82, 2.24) is 19.1 Å². The van der Waals surface area contributed by atoms with Gasteiger partial charge in [-0.3, -0.25) is 9.36 Å². The predicted octanol–water partition coefficient (Wildman–Crippen LogP) is 2.25. The predicted molar refractivity (Wildman–Crippen MR) is 121 cm³/mol. The summed E-state index contributed by atoms with van der Waals surface area (Å²) in [5, 5.41) is 3.28. The number of aromatic nitrogens is 4. The first-order valence-electron chi connectivity index (χ1n) is 10.4. The Labute approximate surface area is 176 Å². The molecule has 0 bridgehead atoms. The average molecular weight is 408 g/mol. The first-order valence-corrected chi connectivity index (χ1v) is 10.4. The highest BCUT2D eigenvalue weighted by atomic mass is 16.1. The maximum absolute atomic E-state index is 13.3. The highest BCUT2D eigenvalue weighted by molar-refractivity contribution is 5.75. The van der Waals surface area contributed by atoms with Crippen LogP contribution in [-0.2, 0) is 20.1 Å². The molecule has 1 fully saturated rings. The van der Waals surface area contributed by atoms with E-state index in [1.54, 1.807) is 11.6 Å². The molecular formula is C22H29N7O. The lowest BCUT2D eigenvalue weighted by atomic mass is 10.1. The Morgan fingerprint density at radius 3 is 2.80 bits per heavy atom. The van der Waals surface area contributed by atoms with Crippen LogP contribution in [0.15, 0.2) is 47.3 Å². The van der Waals surface area contributed by atoms with Gasteiger partial charge in [-0.2, -0.15) is 9.97 Å². The van der Waals surface area contributed by atoms with E-state index in [1.165, 1.54) is 0 Å². The number of hydrogen-bond acceptors (Lipinski definition) is 6. The van der Waals surface area contributed by atoms with Crippen LogP contribution in [-0.4, -0.2) is 38.2 Å². The fourth-order valence-corrected chi connectivity index (χ4v) is 3.90. The molecule has 1 unspecified atom stereocenters. The Morgan fingerprint density at radius 1 is 1.27 bits per heavy atom. The van der Waals surface area contributed by atoms with Gasteiger partial charge in [0.2, 0.25) is 11.9 Å². The molecule has 158 valence electrons. The minimum Gasteiger partial charge on any atom is -0.351 e. The average Bonchev–Trinajstić information content (AvgIpc) is 3.13. The zero-order chi connectivity index (χ0) is 21.1. The summed E-state index contributed by atoms with van der Waals surface area (Å²) in [6.07, 6.45) is 6.03. The minimum atomic E-state index is -0.111. The van der Waals surface area contributed by atoms with Gasteiger partial charge in [0.1, 0.15) is 0 Å². The number of fused-ring (bicyclic) bond motifs is 1. The monoisotopic (exact) mass is 407 g/mol. The van der Waals surface area contributed by atoms with E-state index in [0.717, 1.165) is 37.4 Å². The third kappa shape index (κ3) is 3.95. The Morgan fingerprint density at radius 2 is 2.07 bits per heavy atom. The number of anilines is 2. The lowest BCUT2D eigenvalue weighted by molar-refractivity contribution is 0.495. The van der Waals surface area contributed by atoms with Crippen molar-refractivity contribution in [2.24, 2.45) is 12.8 Å². The van der Waals surface area contributed by atoms with E-state index in [0.29, 0.717) is 30.2 Å². The van der Waals surface area contributed by atoms with E-state index in [4.69, 9.17) is 15.7 Å². The van der Waals surface area contributed by atoms with E-state index < -0.39 is 0 Å². The molecule has 30 heavy (non-hydrogen) atoms. The summed E-state index contributed by atoms with van der Waals surface area (Å²) in [6, 6.07) is 10.2. The molecular weight excluding hydrogens is 378 g/mol. The van der Waals surface area contributed by atoms with Crippen molar-refractivity contribution in [2.45, 2.75) is 38.9 Å². The zero-order valence-corrected chi connectivity index (χ0v) is 17.6. The Hall–Kier alpha value is -3.13. The summed E-state index contributed by atoms with van der Waals surface area (Å²) >= 11 is 0. The van der Waals surface area contributed by atoms with Crippen LogP contribution in [0.2, 0.25) is 0 Å². The second kappa shape index (κ2) is 8.71. The van der Waals surface area contributed by atoms with E-state index in [2.05, 4.69) is 10.2 Å². The van der Waals surface area contributed by atoms with Crippen molar-refractivity contribution in [3.8, 4) is 0 Å². The summed E-state index contributed by atoms with van der Waals surface area (Å²) in [5.41, 5.74) is 8.19. The molecule has 3 N–H and O–H groups in total. The highest BCUT2D eigenvalue weighted by Gasteiger charge is 2.25. The SMILES string of the molecule is CC=CCn1c(N2CCCC(N)C2)nc2nc(NCc3ccccc3)n(C)c(=O)c21. The number of nitrogens with one attached hydrogen (secondary N) is 1. The van der Waals surface area contributed by atoms with Gasteiger partial charge >= 0.3 is 0 Å². The molecule has 3 aromatic rings. The zero-order valence-electron chi connectivity index (χ0n) is 17.6. The van der Waals surface area contributed by atoms with Gasteiger partial charge in [-0.25, -0.2) is 0 Å². The van der Waals surface area contributed by atoms with Crippen molar-refractivity contribution >= 4 is 23.1 Å². The molecule has 8 heteroatoms. The number of benzene rings is 1. The topological polar surface area (TPSA) is 94.0 Å². The minimum absolute atomic E-state index is 0.111. The molecule has 0 radical (unpaired) electrons. The van der Waals surface area contributed by atoms with Gasteiger partial charge in [0.25, 0.3) is 5.56 Å². The van der Waals surface area contributed by atoms with Crippen LogP contribution < -0.4 is 21.5 Å². The fraction of sp³-hybridized carbons (Fsp3) is 0.409. The summed E-state index contributed by atoms with van der Waals surface area (Å²) in [6.45, 7) is 4.74. The number of imidazole rings is 1. The van der Waals surface area contributed by atoms with Gasteiger partial charge in [0.15, 0.2) is 11.2 Å². The highest BCUT2D eigenvalue weighted by Crippen LogP contribution is 2.23. The van der Waals surface area contributed by atoms with Crippen molar-refractivity contribution in [2.75, 3.05) is 23.3 Å². The van der Waals surface area contributed by atoms with Crippen LogP contribution >= 0.6 is 0 Å². The molecule has 8 nitrogen and oxygen atoms in total. The summed E-state index contributed by atoms with van der Waals surface area (Å²) in [4.78, 5) is 24.9. The molecule has 1 aliphatic rings. The van der Waals surface area contributed by atoms with E-state index in [9.17, 15) is 4.79 Å². The lowest BCUT2D eigenvalue weighted by Crippen LogP contribution is -2.44. The first-order chi connectivity index (χ1) is 14.6. The molecule has 0 aliphatic carbocycles. The van der Waals surface area contributed by atoms with Crippen molar-refractivity contribution < 1.29 is 0 Å². The van der Waals surface area contributed by atoms with E-state index in [-0.39, 0.29) is 11.6 Å².